The van der Waals surface area contributed by atoms with Crippen LogP contribution in [0, 0.1) is 0 Å². The van der Waals surface area contributed by atoms with Crippen LogP contribution in [-0.2, 0) is 11.3 Å². The molecule has 0 unspecified atom stereocenters. The minimum absolute atomic E-state index is 0.162. The van der Waals surface area contributed by atoms with Gasteiger partial charge in [0.05, 0.1) is 13.1 Å². The van der Waals surface area contributed by atoms with Gasteiger partial charge in [-0.3, -0.25) is 4.79 Å². The molecule has 1 heterocycles. The number of ether oxygens (including phenoxy) is 2. The van der Waals surface area contributed by atoms with Gasteiger partial charge in [-0.1, -0.05) is 6.07 Å². The molecule has 0 atom stereocenters. The lowest BCUT2D eigenvalue weighted by Crippen LogP contribution is -2.38. The van der Waals surface area contributed by atoms with E-state index in [4.69, 9.17) is 9.47 Å². The summed E-state index contributed by atoms with van der Waals surface area (Å²) >= 11 is 0. The average Bonchev–Trinajstić information content (AvgIpc) is 2.84. The van der Waals surface area contributed by atoms with Crippen LogP contribution in [0.5, 0.6) is 11.5 Å². The second-order valence-electron chi connectivity index (χ2n) is 4.66. The van der Waals surface area contributed by atoms with E-state index in [1.54, 1.807) is 18.2 Å². The van der Waals surface area contributed by atoms with E-state index in [-0.39, 0.29) is 19.9 Å². The van der Waals surface area contributed by atoms with Gasteiger partial charge in [-0.2, -0.15) is 13.2 Å². The number of likely N-dealkylation sites (N-methyl/N-ethyl adjacent to an activating group) is 1. The number of fused-ring (bicyclic) bond motifs is 1. The van der Waals surface area contributed by atoms with Gasteiger partial charge in [-0.15, -0.1) is 0 Å². The maximum Gasteiger partial charge on any atom is 0.401 e. The van der Waals surface area contributed by atoms with Crippen LogP contribution in [0.3, 0.4) is 0 Å². The smallest absolute Gasteiger partial charge is 0.401 e. The first-order valence-electron chi connectivity index (χ1n) is 6.25. The van der Waals surface area contributed by atoms with Gasteiger partial charge in [0.15, 0.2) is 11.5 Å². The standard InChI is InChI=1S/C13H15F3N2O3/c1-18(12(19)5-17-7-13(14,15)16)6-9-2-3-10-11(4-9)21-8-20-10/h2-4,17H,5-8H2,1H3. The van der Waals surface area contributed by atoms with Gasteiger partial charge in [-0.25, -0.2) is 0 Å². The van der Waals surface area contributed by atoms with E-state index in [2.05, 4.69) is 5.32 Å². The first-order chi connectivity index (χ1) is 9.85. The van der Waals surface area contributed by atoms with E-state index in [1.165, 1.54) is 11.9 Å². The molecule has 1 aromatic carbocycles. The summed E-state index contributed by atoms with van der Waals surface area (Å²) < 4.78 is 46.3. The number of nitrogens with one attached hydrogen (secondary N) is 1. The highest BCUT2D eigenvalue weighted by atomic mass is 19.4. The summed E-state index contributed by atoms with van der Waals surface area (Å²) in [6.07, 6.45) is -4.32. The maximum absolute atomic E-state index is 12.0. The van der Waals surface area contributed by atoms with Crippen LogP contribution in [0.25, 0.3) is 0 Å². The molecule has 2 rings (SSSR count). The average molecular weight is 304 g/mol. The van der Waals surface area contributed by atoms with Gasteiger partial charge in [0.1, 0.15) is 0 Å². The molecule has 0 aliphatic carbocycles. The molecule has 0 saturated carbocycles. The molecule has 1 aromatic rings. The number of carbonyl (C=O) groups is 1. The van der Waals surface area contributed by atoms with Gasteiger partial charge in [0.25, 0.3) is 0 Å². The largest absolute Gasteiger partial charge is 0.454 e. The number of alkyl halides is 3. The highest BCUT2D eigenvalue weighted by molar-refractivity contribution is 5.78. The third-order valence-electron chi connectivity index (χ3n) is 2.88. The number of rotatable bonds is 5. The Morgan fingerprint density at radius 2 is 2.05 bits per heavy atom. The van der Waals surface area contributed by atoms with Crippen molar-refractivity contribution in [3.05, 3.63) is 23.8 Å². The van der Waals surface area contributed by atoms with E-state index in [0.717, 1.165) is 5.56 Å². The normalized spacial score (nSPS) is 13.3. The molecular weight excluding hydrogens is 289 g/mol. The fourth-order valence-corrected chi connectivity index (χ4v) is 1.85. The van der Waals surface area contributed by atoms with Crippen LogP contribution in [0.2, 0.25) is 0 Å². The van der Waals surface area contributed by atoms with Gasteiger partial charge >= 0.3 is 6.18 Å². The van der Waals surface area contributed by atoms with Crippen LogP contribution >= 0.6 is 0 Å². The molecule has 0 saturated heterocycles. The lowest BCUT2D eigenvalue weighted by Gasteiger charge is -2.18. The third-order valence-corrected chi connectivity index (χ3v) is 2.88. The minimum atomic E-state index is -4.32. The number of hydrogen-bond donors (Lipinski definition) is 1. The van der Waals surface area contributed by atoms with Crippen molar-refractivity contribution in [1.82, 2.24) is 10.2 Å². The Hall–Kier alpha value is -1.96. The molecular formula is C13H15F3N2O3. The Kier molecular flexibility index (Phi) is 4.56. The molecule has 116 valence electrons. The van der Waals surface area contributed by atoms with Crippen LogP contribution in [0.4, 0.5) is 13.2 Å². The molecule has 0 fully saturated rings. The second-order valence-corrected chi connectivity index (χ2v) is 4.66. The van der Waals surface area contributed by atoms with Crippen molar-refractivity contribution in [3.8, 4) is 11.5 Å². The number of nitrogens with zero attached hydrogens (tertiary/aromatic N) is 1. The van der Waals surface area contributed by atoms with E-state index in [9.17, 15) is 18.0 Å². The predicted octanol–water partition coefficient (Wildman–Crippen LogP) is 1.53. The molecule has 5 nitrogen and oxygen atoms in total. The third kappa shape index (κ3) is 4.52. The van der Waals surface area contributed by atoms with Crippen molar-refractivity contribution in [2.24, 2.45) is 0 Å². The van der Waals surface area contributed by atoms with Gasteiger partial charge < -0.3 is 19.7 Å². The lowest BCUT2D eigenvalue weighted by atomic mass is 10.2. The zero-order chi connectivity index (χ0) is 15.5. The van der Waals surface area contributed by atoms with E-state index in [0.29, 0.717) is 11.5 Å². The molecule has 1 N–H and O–H groups in total. The Labute approximate surface area is 119 Å². The molecule has 0 radical (unpaired) electrons. The molecule has 1 aliphatic heterocycles. The quantitative estimate of drug-likeness (QED) is 0.896. The maximum atomic E-state index is 12.0. The first kappa shape index (κ1) is 15.4. The topological polar surface area (TPSA) is 50.8 Å². The number of amides is 1. The Morgan fingerprint density at radius 3 is 2.76 bits per heavy atom. The summed E-state index contributed by atoms with van der Waals surface area (Å²) in [7, 11) is 1.53. The van der Waals surface area contributed by atoms with E-state index in [1.807, 2.05) is 0 Å². The highest BCUT2D eigenvalue weighted by Crippen LogP contribution is 2.32. The zero-order valence-corrected chi connectivity index (χ0v) is 11.4. The second kappa shape index (κ2) is 6.21. The van der Waals surface area contributed by atoms with Crippen molar-refractivity contribution >= 4 is 5.91 Å². The fraction of sp³-hybridized carbons (Fsp3) is 0.462. The van der Waals surface area contributed by atoms with Crippen molar-refractivity contribution < 1.29 is 27.4 Å². The van der Waals surface area contributed by atoms with Gasteiger partial charge in [0.2, 0.25) is 12.7 Å². The molecule has 0 bridgehead atoms. The van der Waals surface area contributed by atoms with Gasteiger partial charge in [-0.05, 0) is 17.7 Å². The summed E-state index contributed by atoms with van der Waals surface area (Å²) in [6.45, 7) is -1.10. The summed E-state index contributed by atoms with van der Waals surface area (Å²) in [5.41, 5.74) is 0.811. The summed E-state index contributed by atoms with van der Waals surface area (Å²) in [6, 6.07) is 5.26. The Morgan fingerprint density at radius 1 is 1.33 bits per heavy atom. The Balaban J connectivity index is 1.83. The number of halogens is 3. The van der Waals surface area contributed by atoms with Crippen LogP contribution in [0.1, 0.15) is 5.56 Å². The van der Waals surface area contributed by atoms with Crippen LogP contribution in [0.15, 0.2) is 18.2 Å². The van der Waals surface area contributed by atoms with Crippen molar-refractivity contribution in [2.45, 2.75) is 12.7 Å². The molecule has 0 spiro atoms. The van der Waals surface area contributed by atoms with Gasteiger partial charge in [0, 0.05) is 13.6 Å². The summed E-state index contributed by atoms with van der Waals surface area (Å²) in [5, 5.41) is 2.07. The van der Waals surface area contributed by atoms with Crippen molar-refractivity contribution in [1.29, 1.82) is 0 Å². The Bertz CT molecular complexity index is 520. The lowest BCUT2D eigenvalue weighted by molar-refractivity contribution is -0.133. The van der Waals surface area contributed by atoms with Crippen LogP contribution < -0.4 is 14.8 Å². The first-order valence-corrected chi connectivity index (χ1v) is 6.25. The zero-order valence-electron chi connectivity index (χ0n) is 11.4. The highest BCUT2D eigenvalue weighted by Gasteiger charge is 2.26. The van der Waals surface area contributed by atoms with Crippen molar-refractivity contribution in [2.75, 3.05) is 26.9 Å². The van der Waals surface area contributed by atoms with E-state index < -0.39 is 18.6 Å². The summed E-state index contributed by atoms with van der Waals surface area (Å²) in [5.74, 6) is 0.819. The molecule has 1 aliphatic rings. The SMILES string of the molecule is CN(Cc1ccc2c(c1)OCO2)C(=O)CNCC(F)(F)F. The van der Waals surface area contributed by atoms with Crippen LogP contribution in [-0.4, -0.2) is 43.9 Å². The molecule has 0 aromatic heterocycles. The molecule has 1 amide bonds. The predicted molar refractivity (Wildman–Crippen MR) is 68.0 cm³/mol. The van der Waals surface area contributed by atoms with Crippen molar-refractivity contribution in [3.63, 3.8) is 0 Å². The monoisotopic (exact) mass is 304 g/mol. The van der Waals surface area contributed by atoms with E-state index >= 15 is 0 Å². The number of hydrogen-bond acceptors (Lipinski definition) is 4. The number of carbonyl (C=O) groups excluding carboxylic acids is 1. The molecule has 21 heavy (non-hydrogen) atoms. The minimum Gasteiger partial charge on any atom is -0.454 e. The number of benzene rings is 1. The molecule has 8 heteroatoms. The fourth-order valence-electron chi connectivity index (χ4n) is 1.85. The summed E-state index contributed by atoms with van der Waals surface area (Å²) in [4.78, 5) is 13.1.